The van der Waals surface area contributed by atoms with Crippen molar-refractivity contribution in [2.45, 2.75) is 0 Å². The fourth-order valence-corrected chi connectivity index (χ4v) is 2.31. The quantitative estimate of drug-likeness (QED) is 0.417. The molecular formula is C16H14N2O8. The van der Waals surface area contributed by atoms with E-state index in [-0.39, 0.29) is 22.6 Å². The number of non-ortho nitro benzene ring substituents is 2. The van der Waals surface area contributed by atoms with Crippen LogP contribution < -0.4 is 14.2 Å². The van der Waals surface area contributed by atoms with Gasteiger partial charge < -0.3 is 14.2 Å². The van der Waals surface area contributed by atoms with E-state index in [2.05, 4.69) is 0 Å². The third-order valence-corrected chi connectivity index (χ3v) is 3.53. The van der Waals surface area contributed by atoms with E-state index in [0.717, 1.165) is 18.2 Å². The molecule has 0 N–H and O–H groups in total. The van der Waals surface area contributed by atoms with Gasteiger partial charge in [-0.3, -0.25) is 25.0 Å². The molecule has 0 aromatic heterocycles. The molecule has 2 aromatic rings. The Balaban J connectivity index is 2.69. The predicted molar refractivity (Wildman–Crippen MR) is 89.3 cm³/mol. The summed E-state index contributed by atoms with van der Waals surface area (Å²) in [6, 6.07) is 5.55. The van der Waals surface area contributed by atoms with Gasteiger partial charge in [0.2, 0.25) is 5.78 Å². The van der Waals surface area contributed by atoms with Crippen LogP contribution in [0.4, 0.5) is 11.4 Å². The molecule has 0 spiro atoms. The molecule has 10 nitrogen and oxygen atoms in total. The Hall–Kier alpha value is -3.69. The normalized spacial score (nSPS) is 10.1. The number of rotatable bonds is 7. The van der Waals surface area contributed by atoms with Crippen LogP contribution in [-0.2, 0) is 0 Å². The molecule has 0 aliphatic heterocycles. The molecule has 0 aliphatic rings. The fraction of sp³-hybridized carbons (Fsp3) is 0.188. The molecule has 0 amide bonds. The fourth-order valence-electron chi connectivity index (χ4n) is 2.31. The Morgan fingerprint density at radius 2 is 1.27 bits per heavy atom. The predicted octanol–water partition coefficient (Wildman–Crippen LogP) is 2.76. The third-order valence-electron chi connectivity index (χ3n) is 3.53. The largest absolute Gasteiger partial charge is 0.496 e. The highest BCUT2D eigenvalue weighted by molar-refractivity contribution is 6.13. The van der Waals surface area contributed by atoms with Crippen LogP contribution in [0.1, 0.15) is 15.9 Å². The summed E-state index contributed by atoms with van der Waals surface area (Å²) in [6.07, 6.45) is 0. The van der Waals surface area contributed by atoms with E-state index in [0.29, 0.717) is 5.75 Å². The summed E-state index contributed by atoms with van der Waals surface area (Å²) in [6.45, 7) is 0. The van der Waals surface area contributed by atoms with Crippen molar-refractivity contribution in [3.63, 3.8) is 0 Å². The maximum atomic E-state index is 12.9. The molecule has 0 unspecified atom stereocenters. The molecule has 0 heterocycles. The number of carbonyl (C=O) groups is 1. The lowest BCUT2D eigenvalue weighted by Crippen LogP contribution is -2.08. The Labute approximate surface area is 147 Å². The van der Waals surface area contributed by atoms with Gasteiger partial charge in [-0.15, -0.1) is 0 Å². The first kappa shape index (κ1) is 18.6. The van der Waals surface area contributed by atoms with E-state index >= 15 is 0 Å². The highest BCUT2D eigenvalue weighted by Crippen LogP contribution is 2.36. The van der Waals surface area contributed by atoms with Crippen molar-refractivity contribution in [1.82, 2.24) is 0 Å². The van der Waals surface area contributed by atoms with Crippen LogP contribution in [0, 0.1) is 20.2 Å². The first-order chi connectivity index (χ1) is 12.3. The first-order valence-electron chi connectivity index (χ1n) is 7.11. The van der Waals surface area contributed by atoms with Gasteiger partial charge in [0.1, 0.15) is 22.8 Å². The first-order valence-corrected chi connectivity index (χ1v) is 7.11. The number of carbonyl (C=O) groups excluding carboxylic acids is 1. The van der Waals surface area contributed by atoms with Gasteiger partial charge in [0.05, 0.1) is 37.2 Å². The van der Waals surface area contributed by atoms with Gasteiger partial charge in [0, 0.05) is 29.8 Å². The lowest BCUT2D eigenvalue weighted by atomic mass is 10.00. The van der Waals surface area contributed by atoms with E-state index in [1.165, 1.54) is 33.5 Å². The number of nitro benzene ring substituents is 2. The van der Waals surface area contributed by atoms with E-state index in [1.54, 1.807) is 0 Å². The number of hydrogen-bond acceptors (Lipinski definition) is 8. The van der Waals surface area contributed by atoms with E-state index in [1.807, 2.05) is 0 Å². The van der Waals surface area contributed by atoms with Crippen molar-refractivity contribution >= 4 is 17.2 Å². The molecule has 0 bridgehead atoms. The summed E-state index contributed by atoms with van der Waals surface area (Å²) in [4.78, 5) is 33.3. The topological polar surface area (TPSA) is 131 Å². The number of benzene rings is 2. The van der Waals surface area contributed by atoms with Crippen molar-refractivity contribution in [3.05, 3.63) is 61.7 Å². The van der Waals surface area contributed by atoms with Gasteiger partial charge in [-0.1, -0.05) is 0 Å². The maximum absolute atomic E-state index is 12.9. The van der Waals surface area contributed by atoms with Gasteiger partial charge in [0.25, 0.3) is 11.4 Å². The average Bonchev–Trinajstić information content (AvgIpc) is 2.65. The van der Waals surface area contributed by atoms with Crippen molar-refractivity contribution in [2.75, 3.05) is 21.3 Å². The maximum Gasteiger partial charge on any atom is 0.277 e. The summed E-state index contributed by atoms with van der Waals surface area (Å²) >= 11 is 0. The summed E-state index contributed by atoms with van der Waals surface area (Å²) < 4.78 is 15.5. The molecule has 0 fully saturated rings. The van der Waals surface area contributed by atoms with Crippen LogP contribution in [0.3, 0.4) is 0 Å². The Kier molecular flexibility index (Phi) is 5.36. The number of nitrogens with zero attached hydrogens (tertiary/aromatic N) is 2. The third kappa shape index (κ3) is 3.53. The zero-order valence-corrected chi connectivity index (χ0v) is 14.0. The van der Waals surface area contributed by atoms with Crippen LogP contribution in [0.15, 0.2) is 30.3 Å². The van der Waals surface area contributed by atoms with Crippen molar-refractivity contribution in [1.29, 1.82) is 0 Å². The second-order valence-electron chi connectivity index (χ2n) is 4.99. The smallest absolute Gasteiger partial charge is 0.277 e. The van der Waals surface area contributed by atoms with Gasteiger partial charge in [-0.2, -0.15) is 0 Å². The number of ether oxygens (including phenoxy) is 3. The number of hydrogen-bond donors (Lipinski definition) is 0. The summed E-state index contributed by atoms with van der Waals surface area (Å²) in [5.74, 6) is -0.172. The summed E-state index contributed by atoms with van der Waals surface area (Å²) in [7, 11) is 4.06. The lowest BCUT2D eigenvalue weighted by Gasteiger charge is -2.14. The highest BCUT2D eigenvalue weighted by atomic mass is 16.6. The zero-order valence-electron chi connectivity index (χ0n) is 14.0. The lowest BCUT2D eigenvalue weighted by molar-refractivity contribution is -0.394. The SMILES string of the molecule is COc1cc(OC)c(C(=O)c2cc([N+](=O)[O-])cc([N+](=O)[O-])c2)c(OC)c1. The van der Waals surface area contributed by atoms with Gasteiger partial charge in [-0.25, -0.2) is 0 Å². The molecular weight excluding hydrogens is 348 g/mol. The minimum atomic E-state index is -0.813. The molecule has 0 atom stereocenters. The zero-order chi connectivity index (χ0) is 19.4. The Morgan fingerprint density at radius 3 is 1.62 bits per heavy atom. The van der Waals surface area contributed by atoms with Crippen LogP contribution >= 0.6 is 0 Å². The molecule has 2 aromatic carbocycles. The van der Waals surface area contributed by atoms with E-state index in [9.17, 15) is 25.0 Å². The molecule has 0 radical (unpaired) electrons. The Morgan fingerprint density at radius 1 is 0.808 bits per heavy atom. The second kappa shape index (κ2) is 7.47. The summed E-state index contributed by atoms with van der Waals surface area (Å²) in [5, 5.41) is 22.0. The van der Waals surface area contributed by atoms with Crippen LogP contribution in [-0.4, -0.2) is 37.0 Å². The molecule has 0 saturated carbocycles. The minimum Gasteiger partial charge on any atom is -0.496 e. The van der Waals surface area contributed by atoms with Crippen LogP contribution in [0.5, 0.6) is 17.2 Å². The second-order valence-corrected chi connectivity index (χ2v) is 4.99. The summed E-state index contributed by atoms with van der Waals surface area (Å²) in [5.41, 5.74) is -1.43. The molecule has 0 saturated heterocycles. The van der Waals surface area contributed by atoms with Gasteiger partial charge >= 0.3 is 0 Å². The van der Waals surface area contributed by atoms with Crippen LogP contribution in [0.25, 0.3) is 0 Å². The minimum absolute atomic E-state index is 0.0365. The monoisotopic (exact) mass is 362 g/mol. The van der Waals surface area contributed by atoms with Crippen molar-refractivity contribution in [2.24, 2.45) is 0 Å². The number of methoxy groups -OCH3 is 3. The standard InChI is InChI=1S/C16H14N2O8/c1-24-12-7-13(25-2)15(14(8-12)26-3)16(19)9-4-10(17(20)21)6-11(5-9)18(22)23/h4-8H,1-3H3. The Bertz CT molecular complexity index is 837. The highest BCUT2D eigenvalue weighted by Gasteiger charge is 2.26. The van der Waals surface area contributed by atoms with Crippen molar-refractivity contribution in [3.8, 4) is 17.2 Å². The molecule has 2 rings (SSSR count). The van der Waals surface area contributed by atoms with Crippen LogP contribution in [0.2, 0.25) is 0 Å². The number of ketones is 1. The number of nitro groups is 2. The molecule has 10 heteroatoms. The molecule has 26 heavy (non-hydrogen) atoms. The molecule has 0 aliphatic carbocycles. The van der Waals surface area contributed by atoms with Gasteiger partial charge in [0.15, 0.2) is 0 Å². The van der Waals surface area contributed by atoms with E-state index in [4.69, 9.17) is 14.2 Å². The van der Waals surface area contributed by atoms with Gasteiger partial charge in [-0.05, 0) is 0 Å². The van der Waals surface area contributed by atoms with Crippen molar-refractivity contribution < 1.29 is 28.9 Å². The van der Waals surface area contributed by atoms with E-state index < -0.39 is 27.0 Å². The molecule has 136 valence electrons. The average molecular weight is 362 g/mol.